The van der Waals surface area contributed by atoms with E-state index >= 15 is 0 Å². The van der Waals surface area contributed by atoms with Gasteiger partial charge in [-0.1, -0.05) is 44.1 Å². The molecule has 0 radical (unpaired) electrons. The van der Waals surface area contributed by atoms with E-state index in [0.717, 1.165) is 6.42 Å². The summed E-state index contributed by atoms with van der Waals surface area (Å²) >= 11 is 0. The van der Waals surface area contributed by atoms with Crippen LogP contribution in [-0.4, -0.2) is 22.3 Å². The second-order valence-electron chi connectivity index (χ2n) is 3.47. The SMILES string of the molecule is CCCCC/C=C/C=C/C(O)CC(=O)O. The van der Waals surface area contributed by atoms with E-state index in [-0.39, 0.29) is 6.42 Å². The van der Waals surface area contributed by atoms with Gasteiger partial charge in [0, 0.05) is 0 Å². The Bertz CT molecular complexity index is 219. The van der Waals surface area contributed by atoms with Gasteiger partial charge in [0.15, 0.2) is 0 Å². The minimum absolute atomic E-state index is 0.236. The molecule has 0 saturated carbocycles. The fourth-order valence-electron chi connectivity index (χ4n) is 1.13. The van der Waals surface area contributed by atoms with Gasteiger partial charge in [-0.2, -0.15) is 0 Å². The first-order chi connectivity index (χ1) is 7.16. The van der Waals surface area contributed by atoms with Crippen molar-refractivity contribution in [2.45, 2.75) is 45.1 Å². The van der Waals surface area contributed by atoms with Crippen molar-refractivity contribution in [2.75, 3.05) is 0 Å². The zero-order valence-electron chi connectivity index (χ0n) is 9.22. The monoisotopic (exact) mass is 212 g/mol. The standard InChI is InChI=1S/C12H20O3/c1-2-3-4-5-6-7-8-9-11(13)10-12(14)15/h6-9,11,13H,2-5,10H2,1H3,(H,14,15)/b7-6+,9-8+. The van der Waals surface area contributed by atoms with Crippen LogP contribution in [0.4, 0.5) is 0 Å². The molecule has 0 aromatic heterocycles. The second kappa shape index (κ2) is 9.46. The molecule has 0 rings (SSSR count). The lowest BCUT2D eigenvalue weighted by Crippen LogP contribution is -2.09. The summed E-state index contributed by atoms with van der Waals surface area (Å²) in [5.41, 5.74) is 0. The highest BCUT2D eigenvalue weighted by Crippen LogP contribution is 2.00. The molecule has 3 nitrogen and oxygen atoms in total. The summed E-state index contributed by atoms with van der Waals surface area (Å²) in [6, 6.07) is 0. The maximum Gasteiger partial charge on any atom is 0.306 e. The maximum absolute atomic E-state index is 10.2. The first-order valence-corrected chi connectivity index (χ1v) is 5.40. The van der Waals surface area contributed by atoms with Gasteiger partial charge in [-0.15, -0.1) is 0 Å². The van der Waals surface area contributed by atoms with Gasteiger partial charge < -0.3 is 10.2 Å². The zero-order valence-corrected chi connectivity index (χ0v) is 9.22. The molecular formula is C12H20O3. The van der Waals surface area contributed by atoms with E-state index in [1.165, 1.54) is 25.3 Å². The topological polar surface area (TPSA) is 57.5 Å². The Hall–Kier alpha value is -1.09. The highest BCUT2D eigenvalue weighted by atomic mass is 16.4. The van der Waals surface area contributed by atoms with Crippen LogP contribution in [0.2, 0.25) is 0 Å². The van der Waals surface area contributed by atoms with Gasteiger partial charge in [0.1, 0.15) is 0 Å². The van der Waals surface area contributed by atoms with Gasteiger partial charge in [-0.3, -0.25) is 4.79 Å². The molecule has 2 N–H and O–H groups in total. The predicted octanol–water partition coefficient (Wildman–Crippen LogP) is 2.51. The number of hydrogen-bond acceptors (Lipinski definition) is 2. The van der Waals surface area contributed by atoms with Crippen molar-refractivity contribution in [3.63, 3.8) is 0 Å². The third kappa shape index (κ3) is 10.8. The van der Waals surface area contributed by atoms with E-state index in [0.29, 0.717) is 0 Å². The fraction of sp³-hybridized carbons (Fsp3) is 0.583. The summed E-state index contributed by atoms with van der Waals surface area (Å²) in [6.45, 7) is 2.16. The highest BCUT2D eigenvalue weighted by molar-refractivity contribution is 5.67. The fourth-order valence-corrected chi connectivity index (χ4v) is 1.13. The molecule has 3 heteroatoms. The van der Waals surface area contributed by atoms with Crippen LogP contribution < -0.4 is 0 Å². The Kier molecular flexibility index (Phi) is 8.78. The normalized spacial score (nSPS) is 13.7. The van der Waals surface area contributed by atoms with Crippen LogP contribution in [0.15, 0.2) is 24.3 Å². The van der Waals surface area contributed by atoms with E-state index in [4.69, 9.17) is 10.2 Å². The summed E-state index contributed by atoms with van der Waals surface area (Å²) in [4.78, 5) is 10.2. The molecular weight excluding hydrogens is 192 g/mol. The molecule has 0 fully saturated rings. The highest BCUT2D eigenvalue weighted by Gasteiger charge is 2.03. The first kappa shape index (κ1) is 13.9. The third-order valence-electron chi connectivity index (χ3n) is 1.94. The van der Waals surface area contributed by atoms with Crippen LogP contribution in [0.5, 0.6) is 0 Å². The summed E-state index contributed by atoms with van der Waals surface area (Å²) in [6.07, 6.45) is 10.6. The number of allylic oxidation sites excluding steroid dienone is 3. The average Bonchev–Trinajstić information content (AvgIpc) is 2.15. The van der Waals surface area contributed by atoms with Crippen LogP contribution in [0, 0.1) is 0 Å². The van der Waals surface area contributed by atoms with Crippen molar-refractivity contribution in [2.24, 2.45) is 0 Å². The van der Waals surface area contributed by atoms with Gasteiger partial charge in [0.05, 0.1) is 12.5 Å². The van der Waals surface area contributed by atoms with Crippen molar-refractivity contribution in [1.29, 1.82) is 0 Å². The number of hydrogen-bond donors (Lipinski definition) is 2. The largest absolute Gasteiger partial charge is 0.481 e. The molecule has 0 aliphatic carbocycles. The summed E-state index contributed by atoms with van der Waals surface area (Å²) in [5, 5.41) is 17.5. The number of aliphatic hydroxyl groups is 1. The van der Waals surface area contributed by atoms with Crippen molar-refractivity contribution in [1.82, 2.24) is 0 Å². The molecule has 0 spiro atoms. The summed E-state index contributed by atoms with van der Waals surface area (Å²) in [5.74, 6) is -0.987. The number of rotatable bonds is 8. The Morgan fingerprint density at radius 2 is 2.07 bits per heavy atom. The van der Waals surface area contributed by atoms with Crippen LogP contribution in [0.1, 0.15) is 39.0 Å². The molecule has 0 amide bonds. The van der Waals surface area contributed by atoms with Gasteiger partial charge in [0.25, 0.3) is 0 Å². The first-order valence-electron chi connectivity index (χ1n) is 5.40. The minimum atomic E-state index is -0.987. The van der Waals surface area contributed by atoms with Crippen LogP contribution >= 0.6 is 0 Å². The second-order valence-corrected chi connectivity index (χ2v) is 3.47. The molecule has 0 aromatic carbocycles. The van der Waals surface area contributed by atoms with Crippen molar-refractivity contribution < 1.29 is 15.0 Å². The van der Waals surface area contributed by atoms with E-state index in [9.17, 15) is 4.79 Å². The van der Waals surface area contributed by atoms with Crippen LogP contribution in [-0.2, 0) is 4.79 Å². The number of unbranched alkanes of at least 4 members (excludes halogenated alkanes) is 3. The smallest absolute Gasteiger partial charge is 0.306 e. The molecule has 15 heavy (non-hydrogen) atoms. The van der Waals surface area contributed by atoms with E-state index in [1.54, 1.807) is 6.08 Å². The Morgan fingerprint density at radius 3 is 2.67 bits per heavy atom. The lowest BCUT2D eigenvalue weighted by Gasteiger charge is -1.98. The average molecular weight is 212 g/mol. The van der Waals surface area contributed by atoms with Crippen LogP contribution in [0.3, 0.4) is 0 Å². The zero-order chi connectivity index (χ0) is 11.5. The number of carboxylic acids is 1. The number of aliphatic carboxylic acids is 1. The molecule has 0 aromatic rings. The number of aliphatic hydroxyl groups excluding tert-OH is 1. The molecule has 86 valence electrons. The summed E-state index contributed by atoms with van der Waals surface area (Å²) < 4.78 is 0. The molecule has 0 heterocycles. The molecule has 0 aliphatic rings. The third-order valence-corrected chi connectivity index (χ3v) is 1.94. The van der Waals surface area contributed by atoms with Crippen molar-refractivity contribution in [3.8, 4) is 0 Å². The maximum atomic E-state index is 10.2. The van der Waals surface area contributed by atoms with E-state index in [2.05, 4.69) is 6.92 Å². The molecule has 1 atom stereocenters. The Balaban J connectivity index is 3.55. The van der Waals surface area contributed by atoms with Crippen molar-refractivity contribution >= 4 is 5.97 Å². The predicted molar refractivity (Wildman–Crippen MR) is 60.7 cm³/mol. The molecule has 0 saturated heterocycles. The lowest BCUT2D eigenvalue weighted by molar-refractivity contribution is -0.138. The van der Waals surface area contributed by atoms with Crippen LogP contribution in [0.25, 0.3) is 0 Å². The minimum Gasteiger partial charge on any atom is -0.481 e. The number of carboxylic acid groups (broad SMARTS) is 1. The van der Waals surface area contributed by atoms with Gasteiger partial charge >= 0.3 is 5.97 Å². The van der Waals surface area contributed by atoms with E-state index < -0.39 is 12.1 Å². The van der Waals surface area contributed by atoms with Gasteiger partial charge in [0.2, 0.25) is 0 Å². The number of carbonyl (C=O) groups is 1. The Labute approximate surface area is 91.1 Å². The van der Waals surface area contributed by atoms with E-state index in [1.807, 2.05) is 12.2 Å². The van der Waals surface area contributed by atoms with Crippen molar-refractivity contribution in [3.05, 3.63) is 24.3 Å². The van der Waals surface area contributed by atoms with Gasteiger partial charge in [-0.25, -0.2) is 0 Å². The molecule has 1 unspecified atom stereocenters. The quantitative estimate of drug-likeness (QED) is 0.480. The molecule has 0 aliphatic heterocycles. The lowest BCUT2D eigenvalue weighted by atomic mass is 10.2. The molecule has 0 bridgehead atoms. The summed E-state index contributed by atoms with van der Waals surface area (Å²) in [7, 11) is 0. The Morgan fingerprint density at radius 1 is 1.33 bits per heavy atom. The van der Waals surface area contributed by atoms with Gasteiger partial charge in [-0.05, 0) is 12.8 Å².